The first-order chi connectivity index (χ1) is 16.5. The van der Waals surface area contributed by atoms with Gasteiger partial charge in [-0.2, -0.15) is 5.10 Å². The highest BCUT2D eigenvalue weighted by molar-refractivity contribution is 7.13. The highest BCUT2D eigenvalue weighted by Crippen LogP contribution is 2.31. The predicted octanol–water partition coefficient (Wildman–Crippen LogP) is 3.01. The number of benzene rings is 1. The Hall–Kier alpha value is -4.05. The van der Waals surface area contributed by atoms with E-state index in [1.54, 1.807) is 50.0 Å². The van der Waals surface area contributed by atoms with Crippen molar-refractivity contribution < 1.29 is 4.79 Å². The average molecular weight is 472 g/mol. The molecule has 5 heterocycles. The van der Waals surface area contributed by atoms with E-state index in [1.165, 1.54) is 0 Å². The molecule has 6 rings (SSSR count). The summed E-state index contributed by atoms with van der Waals surface area (Å²) >= 11 is 1.56. The van der Waals surface area contributed by atoms with Gasteiger partial charge in [0.15, 0.2) is 0 Å². The topological polar surface area (TPSA) is 90.8 Å². The molecule has 0 bridgehead atoms. The number of hydrogen-bond acceptors (Lipinski definition) is 6. The molecule has 0 saturated carbocycles. The Kier molecular flexibility index (Phi) is 4.70. The summed E-state index contributed by atoms with van der Waals surface area (Å²) in [7, 11) is 1.92. The van der Waals surface area contributed by atoms with E-state index in [2.05, 4.69) is 10.1 Å². The predicted molar refractivity (Wildman–Crippen MR) is 129 cm³/mol. The molecular formula is C24H21N7O2S. The molecule has 0 atom stereocenters. The van der Waals surface area contributed by atoms with Gasteiger partial charge in [-0.3, -0.25) is 14.3 Å². The molecule has 1 aliphatic rings. The molecule has 0 unspecified atom stereocenters. The van der Waals surface area contributed by atoms with Crippen LogP contribution in [0.25, 0.3) is 27.2 Å². The molecule has 1 aliphatic heterocycles. The highest BCUT2D eigenvalue weighted by atomic mass is 32.1. The van der Waals surface area contributed by atoms with Gasteiger partial charge < -0.3 is 14.0 Å². The third-order valence-corrected chi connectivity index (χ3v) is 7.10. The Morgan fingerprint density at radius 3 is 2.82 bits per heavy atom. The lowest BCUT2D eigenvalue weighted by molar-refractivity contribution is 0.0684. The Labute approximate surface area is 198 Å². The van der Waals surface area contributed by atoms with Crippen molar-refractivity contribution in [1.29, 1.82) is 0 Å². The van der Waals surface area contributed by atoms with E-state index in [0.717, 1.165) is 32.9 Å². The minimum atomic E-state index is -0.191. The van der Waals surface area contributed by atoms with Crippen LogP contribution in [0, 0.1) is 6.92 Å². The standard InChI is InChI=1S/C24H21N7O2S/c1-15-11-30(14-25-15)20-6-7-21-23(32)29(8-9-31(21)24(20)33)12-16-13-34-22(27-16)17-4-3-5-19-18(17)10-26-28(19)2/h3-7,10-11,13-14H,8-9,12H2,1-2H3. The number of pyridine rings is 1. The van der Waals surface area contributed by atoms with Gasteiger partial charge in [0.1, 0.15) is 16.4 Å². The molecule has 1 amide bonds. The zero-order valence-corrected chi connectivity index (χ0v) is 19.5. The fraction of sp³-hybridized carbons (Fsp3) is 0.208. The third-order valence-electron chi connectivity index (χ3n) is 6.17. The van der Waals surface area contributed by atoms with E-state index in [9.17, 15) is 9.59 Å². The summed E-state index contributed by atoms with van der Waals surface area (Å²) in [6.07, 6.45) is 5.27. The number of fused-ring (bicyclic) bond motifs is 2. The van der Waals surface area contributed by atoms with Gasteiger partial charge in [0.2, 0.25) is 0 Å². The van der Waals surface area contributed by atoms with Gasteiger partial charge >= 0.3 is 0 Å². The molecule has 5 aromatic rings. The molecule has 0 aliphatic carbocycles. The minimum absolute atomic E-state index is 0.166. The number of carbonyl (C=O) groups is 1. The number of aryl methyl sites for hydroxylation is 2. The summed E-state index contributed by atoms with van der Waals surface area (Å²) in [4.78, 5) is 37.0. The molecule has 9 nitrogen and oxygen atoms in total. The first kappa shape index (κ1) is 20.5. The number of nitrogens with zero attached hydrogens (tertiary/aromatic N) is 7. The monoisotopic (exact) mass is 471 g/mol. The molecule has 170 valence electrons. The van der Waals surface area contributed by atoms with Gasteiger partial charge in [-0.15, -0.1) is 11.3 Å². The maximum Gasteiger partial charge on any atom is 0.275 e. The second kappa shape index (κ2) is 7.77. The number of carbonyl (C=O) groups excluding carboxylic acids is 1. The van der Waals surface area contributed by atoms with E-state index >= 15 is 0 Å². The molecule has 0 fully saturated rings. The fourth-order valence-corrected chi connectivity index (χ4v) is 5.27. The van der Waals surface area contributed by atoms with Crippen LogP contribution in [-0.4, -0.2) is 46.2 Å². The maximum atomic E-state index is 13.2. The molecule has 34 heavy (non-hydrogen) atoms. The molecule has 0 N–H and O–H groups in total. The van der Waals surface area contributed by atoms with Crippen LogP contribution >= 0.6 is 11.3 Å². The molecule has 4 aromatic heterocycles. The molecule has 0 spiro atoms. The number of amides is 1. The zero-order valence-electron chi connectivity index (χ0n) is 18.7. The number of rotatable bonds is 4. The van der Waals surface area contributed by atoms with Gasteiger partial charge in [0.05, 0.1) is 36.0 Å². The molecular weight excluding hydrogens is 450 g/mol. The first-order valence-corrected chi connectivity index (χ1v) is 11.8. The van der Waals surface area contributed by atoms with Gasteiger partial charge in [-0.1, -0.05) is 12.1 Å². The van der Waals surface area contributed by atoms with Crippen molar-refractivity contribution >= 4 is 28.1 Å². The summed E-state index contributed by atoms with van der Waals surface area (Å²) in [6, 6.07) is 9.48. The number of aromatic nitrogens is 6. The molecule has 0 saturated heterocycles. The average Bonchev–Trinajstić information content (AvgIpc) is 3.57. The number of thiazole rings is 1. The van der Waals surface area contributed by atoms with Crippen molar-refractivity contribution in [2.45, 2.75) is 20.0 Å². The molecule has 0 radical (unpaired) electrons. The van der Waals surface area contributed by atoms with E-state index in [4.69, 9.17) is 4.98 Å². The van der Waals surface area contributed by atoms with Crippen molar-refractivity contribution in [2.24, 2.45) is 7.05 Å². The quantitative estimate of drug-likeness (QED) is 0.402. The lowest BCUT2D eigenvalue weighted by atomic mass is 10.1. The van der Waals surface area contributed by atoms with E-state index < -0.39 is 0 Å². The lowest BCUT2D eigenvalue weighted by Crippen LogP contribution is -2.44. The third kappa shape index (κ3) is 3.26. The van der Waals surface area contributed by atoms with E-state index in [0.29, 0.717) is 31.0 Å². The van der Waals surface area contributed by atoms with Crippen LogP contribution in [-0.2, 0) is 20.1 Å². The Bertz CT molecular complexity index is 1620. The van der Waals surface area contributed by atoms with Gasteiger partial charge in [0, 0.05) is 42.7 Å². The van der Waals surface area contributed by atoms with Crippen molar-refractivity contribution in [3.8, 4) is 16.3 Å². The van der Waals surface area contributed by atoms with Crippen LogP contribution in [0.4, 0.5) is 0 Å². The summed E-state index contributed by atoms with van der Waals surface area (Å²) < 4.78 is 5.10. The minimum Gasteiger partial charge on any atom is -0.330 e. The van der Waals surface area contributed by atoms with Crippen molar-refractivity contribution in [1.82, 2.24) is 33.8 Å². The fourth-order valence-electron chi connectivity index (χ4n) is 4.42. The SMILES string of the molecule is Cc1cn(-c2ccc3n(c2=O)CCN(Cc2csc(-c4cccc5c4cnn5C)n2)C3=O)cn1. The summed E-state index contributed by atoms with van der Waals surface area (Å²) in [5.41, 5.74) is 4.43. The number of imidazole rings is 1. The largest absolute Gasteiger partial charge is 0.330 e. The van der Waals surface area contributed by atoms with E-state index in [1.807, 2.05) is 48.4 Å². The normalized spacial score (nSPS) is 13.6. The van der Waals surface area contributed by atoms with Crippen LogP contribution in [0.2, 0.25) is 0 Å². The smallest absolute Gasteiger partial charge is 0.275 e. The lowest BCUT2D eigenvalue weighted by Gasteiger charge is -2.29. The highest BCUT2D eigenvalue weighted by Gasteiger charge is 2.27. The van der Waals surface area contributed by atoms with Crippen LogP contribution in [0.5, 0.6) is 0 Å². The van der Waals surface area contributed by atoms with E-state index in [-0.39, 0.29) is 11.5 Å². The Balaban J connectivity index is 1.26. The molecule has 10 heteroatoms. The van der Waals surface area contributed by atoms with Gasteiger partial charge in [-0.25, -0.2) is 9.97 Å². The van der Waals surface area contributed by atoms with Crippen LogP contribution in [0.3, 0.4) is 0 Å². The maximum absolute atomic E-state index is 13.2. The summed E-state index contributed by atoms with van der Waals surface area (Å²) in [6.45, 7) is 3.15. The zero-order chi connectivity index (χ0) is 23.4. The molecule has 1 aromatic carbocycles. The van der Waals surface area contributed by atoms with Crippen LogP contribution in [0.1, 0.15) is 21.9 Å². The Morgan fingerprint density at radius 2 is 2.00 bits per heavy atom. The van der Waals surface area contributed by atoms with Crippen molar-refractivity contribution in [3.63, 3.8) is 0 Å². The second-order valence-electron chi connectivity index (χ2n) is 8.36. The van der Waals surface area contributed by atoms with Gasteiger partial charge in [-0.05, 0) is 25.1 Å². The Morgan fingerprint density at radius 1 is 1.12 bits per heavy atom. The number of hydrogen-bond donors (Lipinski definition) is 0. The van der Waals surface area contributed by atoms with Crippen molar-refractivity contribution in [2.75, 3.05) is 6.54 Å². The van der Waals surface area contributed by atoms with Crippen LogP contribution in [0.15, 0.2) is 59.2 Å². The van der Waals surface area contributed by atoms with Crippen molar-refractivity contribution in [3.05, 3.63) is 81.9 Å². The second-order valence-corrected chi connectivity index (χ2v) is 9.22. The van der Waals surface area contributed by atoms with Crippen LogP contribution < -0.4 is 5.56 Å². The van der Waals surface area contributed by atoms with Gasteiger partial charge in [0.25, 0.3) is 11.5 Å². The summed E-state index contributed by atoms with van der Waals surface area (Å²) in [5, 5.41) is 8.30. The first-order valence-electron chi connectivity index (χ1n) is 10.9. The summed E-state index contributed by atoms with van der Waals surface area (Å²) in [5.74, 6) is -0.166.